The number of morpholine rings is 3. The summed E-state index contributed by atoms with van der Waals surface area (Å²) in [7, 11) is 4.48. The number of nitrogens with zero attached hydrogens (tertiary/aromatic N) is 3. The van der Waals surface area contributed by atoms with Crippen LogP contribution in [0, 0.1) is 23.7 Å². The van der Waals surface area contributed by atoms with Crippen LogP contribution in [-0.2, 0) is 92.4 Å². The van der Waals surface area contributed by atoms with Crippen molar-refractivity contribution in [1.29, 1.82) is 0 Å². The Kier molecular flexibility index (Phi) is 33.3. The summed E-state index contributed by atoms with van der Waals surface area (Å²) in [6.07, 6.45) is 8.05. The molecule has 6 aliphatic heterocycles. The second kappa shape index (κ2) is 43.9. The minimum absolute atomic E-state index is 0.00743. The predicted molar refractivity (Wildman–Crippen MR) is 457 cm³/mol. The highest BCUT2D eigenvalue weighted by atomic mass is 16.6. The molecule has 3 aromatic rings. The topological polar surface area (TPSA) is 456 Å². The lowest BCUT2D eigenvalue weighted by Gasteiger charge is -2.34. The average Bonchev–Trinajstić information content (AvgIpc) is 1.61. The number of hydrogen-bond donors (Lipinski definition) is 11. The first kappa shape index (κ1) is 95.4. The highest BCUT2D eigenvalue weighted by molar-refractivity contribution is 6.01. The fourth-order valence-corrected chi connectivity index (χ4v) is 17.8. The summed E-state index contributed by atoms with van der Waals surface area (Å²) in [6, 6.07) is 8.10. The van der Waals surface area contributed by atoms with Crippen LogP contribution >= 0.6 is 0 Å². The standard InChI is InChI=1S/C91H126N12O23/c1-54(83(112)98-72(43-58-17-24-65(118-6)25-18-58)86(115)95-69(42-57-12-9-10-13-57)80(109)89(4)51-124-89)92-75(106)50-103-34-39-123-68(47-103)46-91(53-126-91)82(111)71(97-88(117)77(79(108)62-22-28-67(120-8)29-23-62)100-85(114)56(3)94-74(105)49-102-32-37-122-38-33-102)45-60-16-19-64(41-60)63-15-11-14-59(40-63)44-70(81(110)90(5)52-125-90)96-87(116)76(78(107)61-20-26-66(119-7)27-21-61)99-84(113)55(2)93-73(104)48-101-30-35-121-36-31-101/h9-10,14,17-18,20-29,54-57,60,63-64,68-72,76-79,107-108H,11-13,15-16,19,30-53H2,1-8H3,(H,92,106)(H,93,104)(H,94,105)(H,95,115)(H,96,116)(H,97,117)(H,98,112)(H,99,113)(H,100,114). The van der Waals surface area contributed by atoms with E-state index in [4.69, 9.17) is 42.6 Å². The Hall–Kier alpha value is -9.66. The van der Waals surface area contributed by atoms with Gasteiger partial charge in [-0.3, -0.25) is 72.2 Å². The van der Waals surface area contributed by atoms with E-state index in [1.807, 2.05) is 26.9 Å². The van der Waals surface area contributed by atoms with Crippen LogP contribution in [0.2, 0.25) is 0 Å². The Morgan fingerprint density at radius 1 is 0.460 bits per heavy atom. The number of epoxide rings is 3. The molecule has 3 aliphatic carbocycles. The summed E-state index contributed by atoms with van der Waals surface area (Å²) in [6.45, 7) is 12.2. The third-order valence-corrected chi connectivity index (χ3v) is 25.8. The molecule has 3 aromatic carbocycles. The van der Waals surface area contributed by atoms with E-state index in [-0.39, 0.29) is 119 Å². The zero-order valence-corrected chi connectivity index (χ0v) is 73.4. The normalized spacial score (nSPS) is 25.7. The zero-order chi connectivity index (χ0) is 90.0. The molecule has 0 radical (unpaired) electrons. The minimum atomic E-state index is -1.74. The molecule has 126 heavy (non-hydrogen) atoms. The summed E-state index contributed by atoms with van der Waals surface area (Å²) in [5.41, 5.74) is -1.72. The molecule has 6 heterocycles. The molecule has 7 fully saturated rings. The molecule has 0 bridgehead atoms. The zero-order valence-electron chi connectivity index (χ0n) is 73.4. The number of methoxy groups -OCH3 is 3. The first-order valence-electron chi connectivity index (χ1n) is 44.2. The van der Waals surface area contributed by atoms with Gasteiger partial charge in [0.25, 0.3) is 0 Å². The van der Waals surface area contributed by atoms with E-state index >= 15 is 9.59 Å². The van der Waals surface area contributed by atoms with E-state index in [0.717, 1.165) is 24.8 Å². The Balaban J connectivity index is 0.729. The van der Waals surface area contributed by atoms with E-state index in [2.05, 4.69) is 53.9 Å². The lowest BCUT2D eigenvalue weighted by atomic mass is 9.76. The van der Waals surface area contributed by atoms with E-state index in [0.29, 0.717) is 120 Å². The van der Waals surface area contributed by atoms with Crippen molar-refractivity contribution in [1.82, 2.24) is 62.6 Å². The Labute approximate surface area is 735 Å². The first-order chi connectivity index (χ1) is 60.4. The van der Waals surface area contributed by atoms with Crippen molar-refractivity contribution in [2.24, 2.45) is 23.7 Å². The number of aliphatic hydroxyl groups excluding tert-OH is 2. The number of Topliss-reactive ketones (excluding diaryl/α,β-unsaturated/α-hetero) is 3. The highest BCUT2D eigenvalue weighted by Crippen LogP contribution is 2.46. The molecule has 12 rings (SSSR count). The van der Waals surface area contributed by atoms with Gasteiger partial charge in [0, 0.05) is 52.1 Å². The first-order valence-corrected chi connectivity index (χ1v) is 44.2. The summed E-state index contributed by atoms with van der Waals surface area (Å²) in [5, 5.41) is 49.6. The number of rotatable bonds is 45. The van der Waals surface area contributed by atoms with E-state index in [9.17, 15) is 58.2 Å². The van der Waals surface area contributed by atoms with Gasteiger partial charge in [0.2, 0.25) is 53.2 Å². The lowest BCUT2D eigenvalue weighted by molar-refractivity contribution is -0.137. The summed E-state index contributed by atoms with van der Waals surface area (Å²) in [5.74, 6) is -5.57. The molecule has 688 valence electrons. The van der Waals surface area contributed by atoms with Gasteiger partial charge < -0.3 is 101 Å². The van der Waals surface area contributed by atoms with Crippen molar-refractivity contribution in [3.63, 3.8) is 0 Å². The average molecular weight is 1760 g/mol. The summed E-state index contributed by atoms with van der Waals surface area (Å²) >= 11 is 0. The van der Waals surface area contributed by atoms with E-state index in [1.54, 1.807) is 74.5 Å². The molecule has 0 aromatic heterocycles. The van der Waals surface area contributed by atoms with Crippen molar-refractivity contribution in [3.8, 4) is 17.2 Å². The Bertz CT molecular complexity index is 4370. The number of ether oxygens (including phenoxy) is 9. The van der Waals surface area contributed by atoms with E-state index in [1.165, 1.54) is 54.2 Å². The molecule has 6 saturated heterocycles. The monoisotopic (exact) mass is 1750 g/mol. The molecule has 9 amide bonds. The van der Waals surface area contributed by atoms with Gasteiger partial charge in [-0.2, -0.15) is 0 Å². The van der Waals surface area contributed by atoms with Crippen LogP contribution in [0.5, 0.6) is 17.2 Å². The predicted octanol–water partition coefficient (Wildman–Crippen LogP) is 1.23. The molecule has 18 unspecified atom stereocenters. The maximum absolute atomic E-state index is 15.8. The van der Waals surface area contributed by atoms with Gasteiger partial charge in [-0.05, 0) is 176 Å². The van der Waals surface area contributed by atoms with Crippen molar-refractivity contribution in [3.05, 3.63) is 113 Å². The van der Waals surface area contributed by atoms with Gasteiger partial charge in [-0.1, -0.05) is 66.6 Å². The third-order valence-electron chi connectivity index (χ3n) is 25.8. The maximum atomic E-state index is 15.8. The number of aliphatic hydroxyl groups is 2. The van der Waals surface area contributed by atoms with Crippen molar-refractivity contribution >= 4 is 70.5 Å². The molecular formula is C91H126N12O23. The van der Waals surface area contributed by atoms with E-state index < -0.39 is 154 Å². The SMILES string of the molecule is COc1ccc(CC(NC(=O)C(C)NC(=O)CN2CCOC(CC3(C(=O)C(CC4CCC(C5CCC=C(CC(NC(=O)C(NC(=O)C(C)NC(=O)CN6CCOCC6)C(O)c6ccc(OC)cc6)C(=O)C6(C)CO6)C5)C4)NC(=O)C(NC(=O)C(C)NC(=O)CN4CCOCC4)C(O)c4ccc(OC)cc4)CO3)C2)C(=O)NC(CC2CC=CC2)C(=O)C2(C)CO2)cc1. The van der Waals surface area contributed by atoms with Crippen molar-refractivity contribution < 1.29 is 110 Å². The van der Waals surface area contributed by atoms with Crippen molar-refractivity contribution in [2.45, 2.75) is 208 Å². The molecule has 0 spiro atoms. The smallest absolute Gasteiger partial charge is 0.246 e. The van der Waals surface area contributed by atoms with Gasteiger partial charge in [-0.15, -0.1) is 0 Å². The fourth-order valence-electron chi connectivity index (χ4n) is 17.8. The van der Waals surface area contributed by atoms with Crippen molar-refractivity contribution in [2.75, 3.05) is 133 Å². The van der Waals surface area contributed by atoms with Gasteiger partial charge >= 0.3 is 0 Å². The van der Waals surface area contributed by atoms with Crippen LogP contribution in [-0.4, -0.2) is 306 Å². The van der Waals surface area contributed by atoms with Crippen LogP contribution in [0.1, 0.15) is 141 Å². The van der Waals surface area contributed by atoms with Crippen LogP contribution in [0.4, 0.5) is 0 Å². The lowest BCUT2D eigenvalue weighted by Crippen LogP contribution is -2.59. The molecule has 35 nitrogen and oxygen atoms in total. The van der Waals surface area contributed by atoms with Crippen LogP contribution in [0.3, 0.4) is 0 Å². The fraction of sp³-hybridized carbons (Fsp3) is 0.626. The number of ketones is 3. The Morgan fingerprint density at radius 2 is 0.889 bits per heavy atom. The van der Waals surface area contributed by atoms with Crippen LogP contribution in [0.25, 0.3) is 0 Å². The second-order valence-electron chi connectivity index (χ2n) is 35.5. The number of carbonyl (C=O) groups is 12. The van der Waals surface area contributed by atoms with Gasteiger partial charge in [-0.25, -0.2) is 0 Å². The third kappa shape index (κ3) is 26.3. The Morgan fingerprint density at radius 3 is 1.37 bits per heavy atom. The largest absolute Gasteiger partial charge is 0.497 e. The minimum Gasteiger partial charge on any atom is -0.497 e. The molecular weight excluding hydrogens is 1630 g/mol. The summed E-state index contributed by atoms with van der Waals surface area (Å²) < 4.78 is 50.7. The number of benzene rings is 3. The highest BCUT2D eigenvalue weighted by Gasteiger charge is 2.57. The molecule has 11 N–H and O–H groups in total. The number of hydrogen-bond acceptors (Lipinski definition) is 26. The van der Waals surface area contributed by atoms with Crippen LogP contribution in [0.15, 0.2) is 96.6 Å². The van der Waals surface area contributed by atoms with Gasteiger partial charge in [0.05, 0.1) is 118 Å². The van der Waals surface area contributed by atoms with Gasteiger partial charge in [0.15, 0.2) is 23.0 Å². The molecule has 9 aliphatic rings. The number of nitrogens with one attached hydrogen (secondary N) is 9. The molecule has 1 saturated carbocycles. The number of amides is 9. The molecule has 35 heteroatoms. The second-order valence-corrected chi connectivity index (χ2v) is 35.5. The summed E-state index contributed by atoms with van der Waals surface area (Å²) in [4.78, 5) is 178. The maximum Gasteiger partial charge on any atom is 0.246 e. The molecule has 18 atom stereocenters. The van der Waals surface area contributed by atoms with Gasteiger partial charge in [0.1, 0.15) is 76.9 Å². The number of allylic oxidation sites excluding steroid dienone is 3. The number of carbonyl (C=O) groups excluding carboxylic acids is 12. The van der Waals surface area contributed by atoms with Crippen LogP contribution < -0.4 is 62.1 Å². The quantitative estimate of drug-likeness (QED) is 0.0280.